The molecule has 1 aliphatic heterocycles. The van der Waals surface area contributed by atoms with Crippen LogP contribution in [0.25, 0.3) is 0 Å². The minimum atomic E-state index is -0.253. The third kappa shape index (κ3) is 5.04. The van der Waals surface area contributed by atoms with Gasteiger partial charge in [0.25, 0.3) is 0 Å². The molecule has 8 heteroatoms. The molecule has 1 aromatic heterocycles. The molecule has 1 aliphatic rings. The summed E-state index contributed by atoms with van der Waals surface area (Å²) in [5.74, 6) is -0.402. The molecule has 0 radical (unpaired) electrons. The van der Waals surface area contributed by atoms with E-state index in [1.54, 1.807) is 25.1 Å². The number of ether oxygens (including phenoxy) is 2. The van der Waals surface area contributed by atoms with Crippen LogP contribution in [0.15, 0.2) is 12.4 Å². The zero-order valence-corrected chi connectivity index (χ0v) is 14.7. The molecule has 0 saturated carbocycles. The van der Waals surface area contributed by atoms with Crippen LogP contribution in [0, 0.1) is 5.92 Å². The number of nitrogens with one attached hydrogen (secondary N) is 1. The summed E-state index contributed by atoms with van der Waals surface area (Å²) in [6, 6.07) is 0. The molecular weight excluding hydrogens is 312 g/mol. The molecule has 3 unspecified atom stereocenters. The van der Waals surface area contributed by atoms with Crippen LogP contribution in [0.4, 0.5) is 5.69 Å². The number of methoxy groups -OCH3 is 1. The van der Waals surface area contributed by atoms with Crippen LogP contribution >= 0.6 is 0 Å². The highest BCUT2D eigenvalue weighted by Crippen LogP contribution is 2.12. The van der Waals surface area contributed by atoms with Gasteiger partial charge in [0, 0.05) is 26.4 Å². The first-order valence-corrected chi connectivity index (χ1v) is 8.14. The highest BCUT2D eigenvalue weighted by Gasteiger charge is 2.26. The lowest BCUT2D eigenvalue weighted by molar-refractivity contribution is -0.144. The van der Waals surface area contributed by atoms with Crippen LogP contribution in [0.5, 0.6) is 0 Å². The Morgan fingerprint density at radius 1 is 1.42 bits per heavy atom. The Morgan fingerprint density at radius 3 is 2.71 bits per heavy atom. The molecule has 1 fully saturated rings. The van der Waals surface area contributed by atoms with Gasteiger partial charge in [0.05, 0.1) is 36.6 Å². The topological polar surface area (TPSA) is 85.7 Å². The Balaban J connectivity index is 1.89. The fraction of sp³-hybridized carbons (Fsp3) is 0.688. The highest BCUT2D eigenvalue weighted by atomic mass is 16.5. The molecule has 2 rings (SSSR count). The van der Waals surface area contributed by atoms with Gasteiger partial charge in [-0.05, 0) is 13.8 Å². The molecule has 1 N–H and O–H groups in total. The summed E-state index contributed by atoms with van der Waals surface area (Å²) >= 11 is 0. The van der Waals surface area contributed by atoms with Crippen molar-refractivity contribution < 1.29 is 19.1 Å². The van der Waals surface area contributed by atoms with Gasteiger partial charge >= 0.3 is 0 Å². The average Bonchev–Trinajstić information content (AvgIpc) is 2.93. The van der Waals surface area contributed by atoms with Gasteiger partial charge in [0.15, 0.2) is 0 Å². The predicted molar refractivity (Wildman–Crippen MR) is 88.5 cm³/mol. The van der Waals surface area contributed by atoms with Crippen LogP contribution in [0.1, 0.15) is 20.8 Å². The van der Waals surface area contributed by atoms with Gasteiger partial charge in [0.2, 0.25) is 11.8 Å². The Morgan fingerprint density at radius 2 is 2.08 bits per heavy atom. The summed E-state index contributed by atoms with van der Waals surface area (Å²) in [5.41, 5.74) is 0.569. The van der Waals surface area contributed by atoms with E-state index in [9.17, 15) is 9.59 Å². The van der Waals surface area contributed by atoms with E-state index in [1.807, 2.05) is 13.8 Å². The van der Waals surface area contributed by atoms with Gasteiger partial charge in [-0.3, -0.25) is 14.3 Å². The molecule has 2 heterocycles. The van der Waals surface area contributed by atoms with Crippen LogP contribution in [-0.2, 0) is 25.6 Å². The van der Waals surface area contributed by atoms with Gasteiger partial charge < -0.3 is 19.7 Å². The smallest absolute Gasteiger partial charge is 0.244 e. The Bertz CT molecular complexity index is 564. The first kappa shape index (κ1) is 18.4. The minimum Gasteiger partial charge on any atom is -0.384 e. The molecular formula is C16H26N4O4. The van der Waals surface area contributed by atoms with Crippen molar-refractivity contribution >= 4 is 17.5 Å². The van der Waals surface area contributed by atoms with Crippen molar-refractivity contribution in [2.75, 3.05) is 32.1 Å². The first-order valence-electron chi connectivity index (χ1n) is 8.14. The molecule has 0 bridgehead atoms. The molecule has 2 amide bonds. The standard InChI is InChI=1S/C16H26N4O4/c1-11(10-23-4)16(22)18-14-5-17-20(8-14)9-15(21)19-6-12(2)24-13(3)7-19/h5,8,11-13H,6-7,9-10H2,1-4H3,(H,18,22). The summed E-state index contributed by atoms with van der Waals surface area (Å²) in [4.78, 5) is 26.1. The molecule has 24 heavy (non-hydrogen) atoms. The zero-order chi connectivity index (χ0) is 17.7. The second-order valence-electron chi connectivity index (χ2n) is 6.33. The van der Waals surface area contributed by atoms with Gasteiger partial charge in [-0.15, -0.1) is 0 Å². The summed E-state index contributed by atoms with van der Waals surface area (Å²) in [7, 11) is 1.56. The summed E-state index contributed by atoms with van der Waals surface area (Å²) in [5, 5.41) is 6.91. The van der Waals surface area contributed by atoms with Crippen LogP contribution in [0.3, 0.4) is 0 Å². The van der Waals surface area contributed by atoms with Crippen molar-refractivity contribution in [3.05, 3.63) is 12.4 Å². The van der Waals surface area contributed by atoms with Crippen LogP contribution in [-0.4, -0.2) is 65.5 Å². The molecule has 3 atom stereocenters. The molecule has 0 aromatic carbocycles. The van der Waals surface area contributed by atoms with E-state index in [-0.39, 0.29) is 36.5 Å². The van der Waals surface area contributed by atoms with Crippen molar-refractivity contribution in [3.63, 3.8) is 0 Å². The minimum absolute atomic E-state index is 0.00859. The largest absolute Gasteiger partial charge is 0.384 e. The average molecular weight is 338 g/mol. The van der Waals surface area contributed by atoms with Crippen molar-refractivity contribution in [2.45, 2.75) is 39.5 Å². The maximum absolute atomic E-state index is 12.4. The van der Waals surface area contributed by atoms with E-state index >= 15 is 0 Å². The summed E-state index contributed by atoms with van der Waals surface area (Å²) in [6.07, 6.45) is 3.26. The van der Waals surface area contributed by atoms with E-state index in [4.69, 9.17) is 9.47 Å². The second-order valence-corrected chi connectivity index (χ2v) is 6.33. The molecule has 0 aliphatic carbocycles. The van der Waals surface area contributed by atoms with Crippen LogP contribution < -0.4 is 5.32 Å². The van der Waals surface area contributed by atoms with Gasteiger partial charge in [0.1, 0.15) is 6.54 Å². The van der Waals surface area contributed by atoms with Crippen LogP contribution in [0.2, 0.25) is 0 Å². The number of nitrogens with zero attached hydrogens (tertiary/aromatic N) is 3. The number of amides is 2. The molecule has 134 valence electrons. The summed E-state index contributed by atoms with van der Waals surface area (Å²) < 4.78 is 12.1. The number of carbonyl (C=O) groups excluding carboxylic acids is 2. The first-order chi connectivity index (χ1) is 11.4. The van der Waals surface area contributed by atoms with Gasteiger partial charge in [-0.2, -0.15) is 5.10 Å². The quantitative estimate of drug-likeness (QED) is 0.827. The van der Waals surface area contributed by atoms with Gasteiger partial charge in [-0.1, -0.05) is 6.92 Å². The SMILES string of the molecule is COCC(C)C(=O)Nc1cnn(CC(=O)N2CC(C)OC(C)C2)c1. The van der Waals surface area contributed by atoms with E-state index in [2.05, 4.69) is 10.4 Å². The normalized spacial score (nSPS) is 22.2. The number of anilines is 1. The van der Waals surface area contributed by atoms with Gasteiger partial charge in [-0.25, -0.2) is 0 Å². The molecule has 1 saturated heterocycles. The monoisotopic (exact) mass is 338 g/mol. The molecule has 0 spiro atoms. The van der Waals surface area contributed by atoms with Crippen molar-refractivity contribution in [3.8, 4) is 0 Å². The third-order valence-electron chi connectivity index (χ3n) is 3.83. The van der Waals surface area contributed by atoms with E-state index in [0.29, 0.717) is 25.4 Å². The fourth-order valence-electron chi connectivity index (χ4n) is 2.73. The van der Waals surface area contributed by atoms with Crippen molar-refractivity contribution in [1.82, 2.24) is 14.7 Å². The molecule has 8 nitrogen and oxygen atoms in total. The lowest BCUT2D eigenvalue weighted by Crippen LogP contribution is -2.49. The van der Waals surface area contributed by atoms with E-state index < -0.39 is 0 Å². The van der Waals surface area contributed by atoms with Crippen molar-refractivity contribution in [1.29, 1.82) is 0 Å². The number of morpholine rings is 1. The number of hydrogen-bond acceptors (Lipinski definition) is 5. The Hall–Kier alpha value is -1.93. The fourth-order valence-corrected chi connectivity index (χ4v) is 2.73. The lowest BCUT2D eigenvalue weighted by Gasteiger charge is -2.35. The van der Waals surface area contributed by atoms with Crippen molar-refractivity contribution in [2.24, 2.45) is 5.92 Å². The number of aromatic nitrogens is 2. The maximum atomic E-state index is 12.4. The number of rotatable bonds is 6. The Kier molecular flexibility index (Phi) is 6.33. The highest BCUT2D eigenvalue weighted by molar-refractivity contribution is 5.92. The lowest BCUT2D eigenvalue weighted by atomic mass is 10.2. The third-order valence-corrected chi connectivity index (χ3v) is 3.83. The van der Waals surface area contributed by atoms with E-state index in [1.165, 1.54) is 10.9 Å². The maximum Gasteiger partial charge on any atom is 0.244 e. The number of carbonyl (C=O) groups is 2. The second kappa shape index (κ2) is 8.25. The number of hydrogen-bond donors (Lipinski definition) is 1. The predicted octanol–water partition coefficient (Wildman–Crippen LogP) is 0.740. The zero-order valence-electron chi connectivity index (χ0n) is 14.7. The Labute approximate surface area is 142 Å². The summed E-state index contributed by atoms with van der Waals surface area (Å²) in [6.45, 7) is 7.37. The van der Waals surface area contributed by atoms with E-state index in [0.717, 1.165) is 0 Å². The molecule has 1 aromatic rings.